The van der Waals surface area contributed by atoms with Crippen molar-refractivity contribution in [2.24, 2.45) is 5.41 Å². The second-order valence-electron chi connectivity index (χ2n) is 16.1. The molecule has 2 unspecified atom stereocenters. The van der Waals surface area contributed by atoms with Crippen molar-refractivity contribution < 1.29 is 23.4 Å². The summed E-state index contributed by atoms with van der Waals surface area (Å²) in [6.07, 6.45) is 13.7. The molecule has 1 spiro atoms. The summed E-state index contributed by atoms with van der Waals surface area (Å²) < 4.78 is 45.1. The number of ether oxygens (including phenoxy) is 2. The summed E-state index contributed by atoms with van der Waals surface area (Å²) in [5, 5.41) is 16.0. The van der Waals surface area contributed by atoms with E-state index in [-0.39, 0.29) is 45.3 Å². The first kappa shape index (κ1) is 32.8. The lowest BCUT2D eigenvalue weighted by atomic mass is 9.74. The number of phenols is 1. The monoisotopic (exact) mass is 693 g/mol. The maximum absolute atomic E-state index is 17.6. The van der Waals surface area contributed by atoms with Gasteiger partial charge in [0.2, 0.25) is 0 Å². The average Bonchev–Trinajstić information content (AvgIpc) is 3.79. The number of aromatic hydroxyl groups is 1. The van der Waals surface area contributed by atoms with E-state index in [0.29, 0.717) is 51.8 Å². The number of nitrogens with one attached hydrogen (secondary N) is 1. The van der Waals surface area contributed by atoms with E-state index >= 15 is 8.78 Å². The van der Waals surface area contributed by atoms with E-state index in [1.54, 1.807) is 6.07 Å². The van der Waals surface area contributed by atoms with Gasteiger partial charge >= 0.3 is 6.01 Å². The molecule has 1 aromatic heterocycles. The SMILES string of the molecule is C#Cc1c(F)ccc2cc(O)cc(-c3c(C(C)C)cc4c(N5CC6CCC(C5)N6)nc(OCC5(CN6CCOCC67CCC7)CC5)nc4c3F)c12. The van der Waals surface area contributed by atoms with Crippen molar-refractivity contribution in [3.63, 3.8) is 0 Å². The van der Waals surface area contributed by atoms with Gasteiger partial charge < -0.3 is 24.8 Å². The molecule has 0 radical (unpaired) electrons. The Morgan fingerprint density at radius 2 is 1.88 bits per heavy atom. The van der Waals surface area contributed by atoms with Gasteiger partial charge in [0, 0.05) is 65.6 Å². The van der Waals surface area contributed by atoms with Gasteiger partial charge in [0.05, 0.1) is 25.4 Å². The van der Waals surface area contributed by atoms with E-state index in [9.17, 15) is 5.11 Å². The van der Waals surface area contributed by atoms with Crippen LogP contribution in [0.15, 0.2) is 30.3 Å². The van der Waals surface area contributed by atoms with Gasteiger partial charge in [-0.25, -0.2) is 8.78 Å². The Morgan fingerprint density at radius 3 is 2.57 bits per heavy atom. The Balaban J connectivity index is 1.17. The van der Waals surface area contributed by atoms with E-state index < -0.39 is 11.6 Å². The Labute approximate surface area is 297 Å². The molecule has 2 N–H and O–H groups in total. The van der Waals surface area contributed by atoms with Gasteiger partial charge in [-0.3, -0.25) is 4.90 Å². The maximum atomic E-state index is 17.6. The second-order valence-corrected chi connectivity index (χ2v) is 16.1. The number of halogens is 2. The van der Waals surface area contributed by atoms with Crippen LogP contribution in [0.4, 0.5) is 14.6 Å². The van der Waals surface area contributed by atoms with E-state index in [1.165, 1.54) is 37.5 Å². The van der Waals surface area contributed by atoms with Crippen molar-refractivity contribution >= 4 is 27.5 Å². The summed E-state index contributed by atoms with van der Waals surface area (Å²) >= 11 is 0. The number of benzene rings is 3. The fraction of sp³-hybridized carbons (Fsp3) is 0.512. The topological polar surface area (TPSA) is 83.0 Å². The van der Waals surface area contributed by atoms with Crippen LogP contribution in [0.3, 0.4) is 0 Å². The average molecular weight is 694 g/mol. The lowest BCUT2D eigenvalue weighted by Crippen LogP contribution is -2.62. The fourth-order valence-electron chi connectivity index (χ4n) is 9.18. The van der Waals surface area contributed by atoms with Gasteiger partial charge in [-0.1, -0.05) is 25.8 Å². The highest BCUT2D eigenvalue weighted by molar-refractivity contribution is 6.05. The third-order valence-corrected chi connectivity index (χ3v) is 12.3. The van der Waals surface area contributed by atoms with Crippen LogP contribution in [0.2, 0.25) is 0 Å². The molecule has 2 bridgehead atoms. The van der Waals surface area contributed by atoms with E-state index in [0.717, 1.165) is 65.1 Å². The normalized spacial score (nSPS) is 23.6. The lowest BCUT2D eigenvalue weighted by Gasteiger charge is -2.53. The molecule has 2 saturated carbocycles. The highest BCUT2D eigenvalue weighted by Crippen LogP contribution is 2.50. The summed E-state index contributed by atoms with van der Waals surface area (Å²) in [5.41, 5.74) is 1.61. The maximum Gasteiger partial charge on any atom is 0.319 e. The molecule has 4 heterocycles. The summed E-state index contributed by atoms with van der Waals surface area (Å²) in [7, 11) is 0. The van der Waals surface area contributed by atoms with E-state index in [1.807, 2.05) is 19.9 Å². The number of terminal acetylenes is 1. The molecular formula is C41H45F2N5O3. The number of phenolic OH excluding ortho intramolecular Hbond substituents is 1. The Bertz CT molecular complexity index is 2080. The number of piperazine rings is 1. The zero-order valence-electron chi connectivity index (χ0n) is 29.4. The molecule has 8 nitrogen and oxygen atoms in total. The minimum atomic E-state index is -0.577. The number of hydrogen-bond acceptors (Lipinski definition) is 8. The Hall–Kier alpha value is -4.04. The molecule has 5 aliphatic rings. The molecule has 3 saturated heterocycles. The van der Waals surface area contributed by atoms with Crippen LogP contribution in [0, 0.1) is 29.4 Å². The number of fused-ring (bicyclic) bond motifs is 4. The molecule has 0 amide bonds. The fourth-order valence-corrected chi connectivity index (χ4v) is 9.18. The number of rotatable bonds is 8. The molecule has 4 aromatic rings. The van der Waals surface area contributed by atoms with Crippen LogP contribution in [-0.4, -0.2) is 83.6 Å². The molecule has 2 aliphatic carbocycles. The van der Waals surface area contributed by atoms with Crippen LogP contribution >= 0.6 is 0 Å². The van der Waals surface area contributed by atoms with Crippen molar-refractivity contribution in [1.82, 2.24) is 20.2 Å². The lowest BCUT2D eigenvalue weighted by molar-refractivity contribution is -0.115. The largest absolute Gasteiger partial charge is 0.508 e. The number of morpholine rings is 1. The van der Waals surface area contributed by atoms with Crippen LogP contribution in [0.25, 0.3) is 32.8 Å². The summed E-state index contributed by atoms with van der Waals surface area (Å²) in [6.45, 7) is 9.41. The highest BCUT2D eigenvalue weighted by atomic mass is 19.1. The number of hydrogen-bond donors (Lipinski definition) is 2. The molecule has 10 heteroatoms. The van der Waals surface area contributed by atoms with E-state index in [4.69, 9.17) is 25.9 Å². The molecular weight excluding hydrogens is 648 g/mol. The van der Waals surface area contributed by atoms with Gasteiger partial charge in [0.1, 0.15) is 22.9 Å². The minimum absolute atomic E-state index is 0.00788. The number of anilines is 1. The first-order valence-corrected chi connectivity index (χ1v) is 18.6. The van der Waals surface area contributed by atoms with Gasteiger partial charge in [0.15, 0.2) is 5.82 Å². The van der Waals surface area contributed by atoms with Gasteiger partial charge in [-0.2, -0.15) is 9.97 Å². The van der Waals surface area contributed by atoms with E-state index in [2.05, 4.69) is 21.0 Å². The molecule has 5 fully saturated rings. The second kappa shape index (κ2) is 12.3. The van der Waals surface area contributed by atoms with Crippen molar-refractivity contribution in [3.8, 4) is 35.2 Å². The van der Waals surface area contributed by atoms with Crippen molar-refractivity contribution in [1.29, 1.82) is 0 Å². The van der Waals surface area contributed by atoms with Gasteiger partial charge in [0.25, 0.3) is 0 Å². The number of nitrogens with zero attached hydrogens (tertiary/aromatic N) is 4. The third-order valence-electron chi connectivity index (χ3n) is 12.3. The van der Waals surface area contributed by atoms with Crippen LogP contribution in [0.5, 0.6) is 11.8 Å². The Kier molecular flexibility index (Phi) is 7.91. The first-order chi connectivity index (χ1) is 24.7. The zero-order valence-corrected chi connectivity index (χ0v) is 29.4. The smallest absolute Gasteiger partial charge is 0.319 e. The minimum Gasteiger partial charge on any atom is -0.508 e. The molecule has 9 rings (SSSR count). The predicted molar refractivity (Wildman–Crippen MR) is 194 cm³/mol. The third kappa shape index (κ3) is 5.60. The quantitative estimate of drug-likeness (QED) is 0.193. The highest BCUT2D eigenvalue weighted by Gasteiger charge is 2.52. The van der Waals surface area contributed by atoms with Gasteiger partial charge in [-0.05, 0) is 91.6 Å². The molecule has 2 atom stereocenters. The van der Waals surface area contributed by atoms with Gasteiger partial charge in [-0.15, -0.1) is 6.42 Å². The molecule has 3 aliphatic heterocycles. The Morgan fingerprint density at radius 1 is 1.10 bits per heavy atom. The predicted octanol–water partition coefficient (Wildman–Crippen LogP) is 6.89. The zero-order chi connectivity index (χ0) is 35.1. The van der Waals surface area contributed by atoms with Crippen molar-refractivity contribution in [3.05, 3.63) is 53.1 Å². The number of aromatic nitrogens is 2. The van der Waals surface area contributed by atoms with Crippen molar-refractivity contribution in [2.75, 3.05) is 50.9 Å². The van der Waals surface area contributed by atoms with Crippen LogP contribution in [0.1, 0.15) is 75.8 Å². The van der Waals surface area contributed by atoms with Crippen molar-refractivity contribution in [2.45, 2.75) is 82.3 Å². The summed E-state index contributed by atoms with van der Waals surface area (Å²) in [6, 6.07) is 8.65. The molecule has 3 aromatic carbocycles. The molecule has 266 valence electrons. The van der Waals surface area contributed by atoms with Crippen LogP contribution in [-0.2, 0) is 4.74 Å². The standard InChI is InChI=1S/C41H45F2N5O3/c1-4-29-33(42)9-6-25-16-28(49)17-31(34(25)29)35-30(24(2)3)18-32-37(36(35)43)45-39(46-38(32)47-19-26-7-8-27(20-47)44-26)51-22-40(12-13-40)21-48-14-15-50-23-41(48)10-5-11-41/h1,6,9,16-18,24,26-27,44,49H,5,7-8,10-15,19-23H2,2-3H3. The summed E-state index contributed by atoms with van der Waals surface area (Å²) in [5.74, 6) is 1.81. The first-order valence-electron chi connectivity index (χ1n) is 18.6. The summed E-state index contributed by atoms with van der Waals surface area (Å²) in [4.78, 5) is 14.7. The molecule has 51 heavy (non-hydrogen) atoms. The van der Waals surface area contributed by atoms with Crippen LogP contribution < -0.4 is 15.0 Å².